The highest BCUT2D eigenvalue weighted by Gasteiger charge is 2.26. The Morgan fingerprint density at radius 2 is 1.93 bits per heavy atom. The largest absolute Gasteiger partial charge is 0.376 e. The predicted molar refractivity (Wildman–Crippen MR) is 115 cm³/mol. The van der Waals surface area contributed by atoms with E-state index in [9.17, 15) is 14.0 Å². The lowest BCUT2D eigenvalue weighted by atomic mass is 10.2. The maximum atomic E-state index is 13.3. The molecule has 1 saturated heterocycles. The van der Waals surface area contributed by atoms with Crippen molar-refractivity contribution in [2.24, 2.45) is 0 Å². The summed E-state index contributed by atoms with van der Waals surface area (Å²) in [6, 6.07) is 10.1. The van der Waals surface area contributed by atoms with Gasteiger partial charge < -0.3 is 14.5 Å². The number of benzene rings is 1. The van der Waals surface area contributed by atoms with Gasteiger partial charge >= 0.3 is 0 Å². The molecule has 0 saturated carbocycles. The molecule has 0 spiro atoms. The van der Waals surface area contributed by atoms with Crippen LogP contribution in [0, 0.1) is 5.82 Å². The van der Waals surface area contributed by atoms with Gasteiger partial charge in [-0.25, -0.2) is 4.39 Å². The van der Waals surface area contributed by atoms with Crippen molar-refractivity contribution in [3.05, 3.63) is 58.0 Å². The molecule has 30 heavy (non-hydrogen) atoms. The van der Waals surface area contributed by atoms with Crippen molar-refractivity contribution in [3.8, 4) is 0 Å². The molecule has 5 nitrogen and oxygen atoms in total. The van der Waals surface area contributed by atoms with Crippen LogP contribution in [0.25, 0.3) is 0 Å². The molecule has 162 valence electrons. The van der Waals surface area contributed by atoms with Crippen molar-refractivity contribution in [2.45, 2.75) is 51.8 Å². The van der Waals surface area contributed by atoms with Gasteiger partial charge in [0, 0.05) is 31.0 Å². The van der Waals surface area contributed by atoms with Crippen LogP contribution >= 0.6 is 11.3 Å². The van der Waals surface area contributed by atoms with E-state index < -0.39 is 0 Å². The molecule has 0 bridgehead atoms. The zero-order chi connectivity index (χ0) is 21.3. The standard InChI is InChI=1S/C23H29FN2O3S/c1-2-5-22(27)26(15-20-6-3-12-29-20)17-23(28)25(16-21-7-4-13-30-21)14-18-8-10-19(24)11-9-18/h4,7-11,13,20H,2-3,5-6,12,14-17H2,1H3. The predicted octanol–water partition coefficient (Wildman–Crippen LogP) is 4.22. The highest BCUT2D eigenvalue weighted by atomic mass is 32.1. The lowest BCUT2D eigenvalue weighted by Crippen LogP contribution is -2.45. The number of nitrogens with zero attached hydrogens (tertiary/aromatic N) is 2. The number of halogens is 1. The molecule has 2 amide bonds. The molecule has 1 atom stereocenters. The summed E-state index contributed by atoms with van der Waals surface area (Å²) in [5.41, 5.74) is 0.854. The van der Waals surface area contributed by atoms with Gasteiger partial charge in [-0.15, -0.1) is 11.3 Å². The number of hydrogen-bond acceptors (Lipinski definition) is 4. The van der Waals surface area contributed by atoms with Crippen molar-refractivity contribution < 1.29 is 18.7 Å². The maximum absolute atomic E-state index is 13.3. The third-order valence-corrected chi connectivity index (χ3v) is 6.02. The SMILES string of the molecule is CCCC(=O)N(CC(=O)N(Cc1ccc(F)cc1)Cc1cccs1)CC1CCCO1. The van der Waals surface area contributed by atoms with Gasteiger partial charge in [-0.3, -0.25) is 9.59 Å². The molecule has 1 aromatic carbocycles. The fourth-order valence-electron chi connectivity index (χ4n) is 3.56. The highest BCUT2D eigenvalue weighted by Crippen LogP contribution is 2.18. The lowest BCUT2D eigenvalue weighted by Gasteiger charge is -2.29. The molecule has 2 aromatic rings. The first kappa shape index (κ1) is 22.4. The molecule has 0 radical (unpaired) electrons. The molecular weight excluding hydrogens is 403 g/mol. The molecule has 0 aliphatic carbocycles. The zero-order valence-corrected chi connectivity index (χ0v) is 18.2. The summed E-state index contributed by atoms with van der Waals surface area (Å²) in [6.07, 6.45) is 3.07. The summed E-state index contributed by atoms with van der Waals surface area (Å²) < 4.78 is 19.0. The molecule has 7 heteroatoms. The van der Waals surface area contributed by atoms with Crippen LogP contribution in [0.15, 0.2) is 41.8 Å². The molecule has 2 heterocycles. The quantitative estimate of drug-likeness (QED) is 0.565. The summed E-state index contributed by atoms with van der Waals surface area (Å²) >= 11 is 1.59. The van der Waals surface area contributed by atoms with E-state index >= 15 is 0 Å². The molecule has 1 aliphatic heterocycles. The number of carbonyl (C=O) groups excluding carboxylic acids is 2. The topological polar surface area (TPSA) is 49.9 Å². The Kier molecular flexibility index (Phi) is 8.39. The van der Waals surface area contributed by atoms with E-state index in [0.717, 1.165) is 29.7 Å². The summed E-state index contributed by atoms with van der Waals surface area (Å²) in [6.45, 7) is 3.99. The molecule has 3 rings (SSSR count). The maximum Gasteiger partial charge on any atom is 0.242 e. The van der Waals surface area contributed by atoms with E-state index in [1.807, 2.05) is 24.4 Å². The van der Waals surface area contributed by atoms with E-state index in [1.54, 1.807) is 33.3 Å². The zero-order valence-electron chi connectivity index (χ0n) is 17.4. The van der Waals surface area contributed by atoms with Gasteiger partial charge in [-0.05, 0) is 48.4 Å². The van der Waals surface area contributed by atoms with Crippen LogP contribution in [-0.4, -0.2) is 47.4 Å². The molecule has 1 fully saturated rings. The monoisotopic (exact) mass is 432 g/mol. The van der Waals surface area contributed by atoms with Gasteiger partial charge in [0.2, 0.25) is 11.8 Å². The molecule has 1 aliphatic rings. The van der Waals surface area contributed by atoms with Gasteiger partial charge in [0.15, 0.2) is 0 Å². The van der Waals surface area contributed by atoms with Crippen molar-refractivity contribution in [1.29, 1.82) is 0 Å². The second-order valence-electron chi connectivity index (χ2n) is 7.61. The lowest BCUT2D eigenvalue weighted by molar-refractivity contribution is -0.142. The minimum Gasteiger partial charge on any atom is -0.376 e. The Balaban J connectivity index is 1.72. The second-order valence-corrected chi connectivity index (χ2v) is 8.65. The van der Waals surface area contributed by atoms with E-state index in [1.165, 1.54) is 12.1 Å². The summed E-state index contributed by atoms with van der Waals surface area (Å²) in [7, 11) is 0. The number of carbonyl (C=O) groups is 2. The Bertz CT molecular complexity index is 804. The van der Waals surface area contributed by atoms with Crippen molar-refractivity contribution in [1.82, 2.24) is 9.80 Å². The van der Waals surface area contributed by atoms with Crippen LogP contribution in [0.1, 0.15) is 43.0 Å². The number of amides is 2. The van der Waals surface area contributed by atoms with E-state index in [0.29, 0.717) is 32.7 Å². The van der Waals surface area contributed by atoms with E-state index in [2.05, 4.69) is 0 Å². The first-order chi connectivity index (χ1) is 14.5. The van der Waals surface area contributed by atoms with E-state index in [4.69, 9.17) is 4.74 Å². The van der Waals surface area contributed by atoms with Gasteiger partial charge in [0.25, 0.3) is 0 Å². The number of hydrogen-bond donors (Lipinski definition) is 0. The fourth-order valence-corrected chi connectivity index (χ4v) is 4.28. The van der Waals surface area contributed by atoms with Crippen LogP contribution in [0.3, 0.4) is 0 Å². The Labute approximate surface area is 181 Å². The molecule has 1 unspecified atom stereocenters. The number of ether oxygens (including phenoxy) is 1. The number of thiophene rings is 1. The van der Waals surface area contributed by atoms with Gasteiger partial charge in [-0.2, -0.15) is 0 Å². The molecular formula is C23H29FN2O3S. The second kappa shape index (κ2) is 11.2. The molecule has 0 N–H and O–H groups in total. The molecule has 1 aromatic heterocycles. The fraction of sp³-hybridized carbons (Fsp3) is 0.478. The third kappa shape index (κ3) is 6.64. The van der Waals surface area contributed by atoms with Crippen LogP contribution in [0.2, 0.25) is 0 Å². The van der Waals surface area contributed by atoms with Gasteiger partial charge in [0.05, 0.1) is 19.2 Å². The average Bonchev–Trinajstić information content (AvgIpc) is 3.43. The van der Waals surface area contributed by atoms with Crippen LogP contribution < -0.4 is 0 Å². The van der Waals surface area contributed by atoms with Crippen molar-refractivity contribution >= 4 is 23.2 Å². The minimum absolute atomic E-state index is 0.00134. The third-order valence-electron chi connectivity index (χ3n) is 5.16. The Morgan fingerprint density at radius 1 is 1.13 bits per heavy atom. The Morgan fingerprint density at radius 3 is 2.57 bits per heavy atom. The Hall–Kier alpha value is -2.25. The van der Waals surface area contributed by atoms with Crippen molar-refractivity contribution in [3.63, 3.8) is 0 Å². The van der Waals surface area contributed by atoms with Crippen LogP contribution in [-0.2, 0) is 27.4 Å². The summed E-state index contributed by atoms with van der Waals surface area (Å²) in [5.74, 6) is -0.433. The van der Waals surface area contributed by atoms with Crippen LogP contribution in [0.4, 0.5) is 4.39 Å². The van der Waals surface area contributed by atoms with E-state index in [-0.39, 0.29) is 30.3 Å². The number of rotatable bonds is 10. The normalized spacial score (nSPS) is 15.9. The summed E-state index contributed by atoms with van der Waals surface area (Å²) in [4.78, 5) is 30.4. The summed E-state index contributed by atoms with van der Waals surface area (Å²) in [5, 5.41) is 1.98. The highest BCUT2D eigenvalue weighted by molar-refractivity contribution is 7.09. The average molecular weight is 433 g/mol. The smallest absolute Gasteiger partial charge is 0.242 e. The van der Waals surface area contributed by atoms with Gasteiger partial charge in [0.1, 0.15) is 5.82 Å². The van der Waals surface area contributed by atoms with Crippen molar-refractivity contribution in [2.75, 3.05) is 19.7 Å². The van der Waals surface area contributed by atoms with Crippen LogP contribution in [0.5, 0.6) is 0 Å². The van der Waals surface area contributed by atoms with Gasteiger partial charge in [-0.1, -0.05) is 25.1 Å². The first-order valence-corrected chi connectivity index (χ1v) is 11.4. The first-order valence-electron chi connectivity index (χ1n) is 10.5. The minimum atomic E-state index is -0.303.